The first kappa shape index (κ1) is 14.0. The molecule has 4 heteroatoms. The third-order valence-corrected chi connectivity index (χ3v) is 3.55. The molecule has 0 aromatic heterocycles. The minimum Gasteiger partial charge on any atom is -0.481 e. The molecule has 98 valence electrons. The van der Waals surface area contributed by atoms with Crippen molar-refractivity contribution in [3.63, 3.8) is 0 Å². The van der Waals surface area contributed by atoms with Gasteiger partial charge in [0.25, 0.3) is 0 Å². The van der Waals surface area contributed by atoms with E-state index in [9.17, 15) is 14.7 Å². The van der Waals surface area contributed by atoms with Gasteiger partial charge in [-0.3, -0.25) is 9.59 Å². The summed E-state index contributed by atoms with van der Waals surface area (Å²) in [4.78, 5) is 23.0. The van der Waals surface area contributed by atoms with Crippen molar-refractivity contribution in [2.75, 3.05) is 6.61 Å². The van der Waals surface area contributed by atoms with Gasteiger partial charge < -0.3 is 9.84 Å². The van der Waals surface area contributed by atoms with Gasteiger partial charge in [0.2, 0.25) is 0 Å². The molecule has 0 aromatic carbocycles. The van der Waals surface area contributed by atoms with Crippen LogP contribution in [0, 0.1) is 17.8 Å². The Balaban J connectivity index is 2.59. The summed E-state index contributed by atoms with van der Waals surface area (Å²) in [5.74, 6) is -2.15. The van der Waals surface area contributed by atoms with E-state index in [0.717, 1.165) is 25.7 Å². The Kier molecular flexibility index (Phi) is 5.45. The van der Waals surface area contributed by atoms with Crippen molar-refractivity contribution in [2.45, 2.75) is 46.0 Å². The van der Waals surface area contributed by atoms with Crippen molar-refractivity contribution in [3.8, 4) is 0 Å². The highest BCUT2D eigenvalue weighted by atomic mass is 16.5. The van der Waals surface area contributed by atoms with Crippen molar-refractivity contribution in [1.82, 2.24) is 0 Å². The molecule has 1 fully saturated rings. The molecule has 1 N–H and O–H groups in total. The van der Waals surface area contributed by atoms with Gasteiger partial charge in [0.15, 0.2) is 0 Å². The molecule has 0 bridgehead atoms. The van der Waals surface area contributed by atoms with Crippen LogP contribution in [0.5, 0.6) is 0 Å². The molecule has 0 aliphatic heterocycles. The molecule has 3 unspecified atom stereocenters. The first-order chi connectivity index (χ1) is 8.07. The molecule has 0 aromatic rings. The Bertz CT molecular complexity index is 275. The lowest BCUT2D eigenvalue weighted by Gasteiger charge is -2.31. The number of carboxylic acid groups (broad SMARTS) is 1. The van der Waals surface area contributed by atoms with Crippen molar-refractivity contribution in [3.05, 3.63) is 0 Å². The van der Waals surface area contributed by atoms with E-state index in [-0.39, 0.29) is 11.9 Å². The number of aliphatic carboxylic acids is 1. The van der Waals surface area contributed by atoms with Gasteiger partial charge in [-0.25, -0.2) is 0 Å². The maximum Gasteiger partial charge on any atom is 0.309 e. The first-order valence-electron chi connectivity index (χ1n) is 6.47. The van der Waals surface area contributed by atoms with Crippen molar-refractivity contribution >= 4 is 11.9 Å². The van der Waals surface area contributed by atoms with Crippen molar-refractivity contribution < 1.29 is 19.4 Å². The minimum atomic E-state index is -0.866. The third kappa shape index (κ3) is 3.72. The van der Waals surface area contributed by atoms with Crippen LogP contribution in [0.25, 0.3) is 0 Å². The smallest absolute Gasteiger partial charge is 0.309 e. The Morgan fingerprint density at radius 1 is 1.35 bits per heavy atom. The Hall–Kier alpha value is -1.06. The van der Waals surface area contributed by atoms with Crippen LogP contribution in [0.15, 0.2) is 0 Å². The number of rotatable bonds is 5. The van der Waals surface area contributed by atoms with E-state index in [0.29, 0.717) is 13.0 Å². The second-order valence-electron chi connectivity index (χ2n) is 4.90. The van der Waals surface area contributed by atoms with Crippen molar-refractivity contribution in [2.24, 2.45) is 17.8 Å². The normalized spacial score (nSPS) is 28.7. The van der Waals surface area contributed by atoms with E-state index in [1.165, 1.54) is 0 Å². The van der Waals surface area contributed by atoms with Crippen molar-refractivity contribution in [1.29, 1.82) is 0 Å². The lowest BCUT2D eigenvalue weighted by molar-refractivity contribution is -0.162. The second kappa shape index (κ2) is 6.62. The average molecular weight is 242 g/mol. The van der Waals surface area contributed by atoms with Gasteiger partial charge in [0.1, 0.15) is 0 Å². The van der Waals surface area contributed by atoms with Crippen LogP contribution in [0.2, 0.25) is 0 Å². The largest absolute Gasteiger partial charge is 0.481 e. The molecule has 1 aliphatic rings. The first-order valence-corrected chi connectivity index (χ1v) is 6.47. The van der Waals surface area contributed by atoms with Gasteiger partial charge in [-0.05, 0) is 25.2 Å². The van der Waals surface area contributed by atoms with E-state index in [4.69, 9.17) is 4.74 Å². The number of carbonyl (C=O) groups is 2. The summed E-state index contributed by atoms with van der Waals surface area (Å²) >= 11 is 0. The Labute approximate surface area is 102 Å². The second-order valence-corrected chi connectivity index (χ2v) is 4.90. The number of esters is 1. The van der Waals surface area contributed by atoms with Crippen LogP contribution < -0.4 is 0 Å². The van der Waals surface area contributed by atoms with Crippen LogP contribution in [0.4, 0.5) is 0 Å². The molecule has 0 saturated heterocycles. The fourth-order valence-electron chi connectivity index (χ4n) is 2.52. The third-order valence-electron chi connectivity index (χ3n) is 3.55. The molecule has 3 atom stereocenters. The summed E-state index contributed by atoms with van der Waals surface area (Å²) in [6, 6.07) is 0. The maximum absolute atomic E-state index is 11.8. The Morgan fingerprint density at radius 3 is 2.65 bits per heavy atom. The average Bonchev–Trinajstić information content (AvgIpc) is 2.28. The van der Waals surface area contributed by atoms with Crippen LogP contribution in [0.3, 0.4) is 0 Å². The predicted octanol–water partition coefficient (Wildman–Crippen LogP) is 2.47. The lowest BCUT2D eigenvalue weighted by Crippen LogP contribution is -2.38. The summed E-state index contributed by atoms with van der Waals surface area (Å²) in [6.07, 6.45) is 4.25. The maximum atomic E-state index is 11.8. The number of unbranched alkanes of at least 4 members (excludes halogenated alkanes) is 1. The van der Waals surface area contributed by atoms with E-state index in [2.05, 4.69) is 0 Å². The zero-order chi connectivity index (χ0) is 12.8. The number of carboxylic acids is 1. The van der Waals surface area contributed by atoms with E-state index < -0.39 is 17.8 Å². The number of ether oxygens (including phenoxy) is 1. The molecule has 0 spiro atoms. The van der Waals surface area contributed by atoms with Gasteiger partial charge >= 0.3 is 11.9 Å². The van der Waals surface area contributed by atoms with Gasteiger partial charge in [-0.2, -0.15) is 0 Å². The van der Waals surface area contributed by atoms with Gasteiger partial charge in [0, 0.05) is 0 Å². The van der Waals surface area contributed by atoms with E-state index in [1.54, 1.807) is 0 Å². The van der Waals surface area contributed by atoms with E-state index in [1.807, 2.05) is 13.8 Å². The highest BCUT2D eigenvalue weighted by Gasteiger charge is 2.40. The molecule has 1 aliphatic carbocycles. The molecule has 0 amide bonds. The number of hydrogen-bond acceptors (Lipinski definition) is 3. The minimum absolute atomic E-state index is 0.0602. The molecule has 4 nitrogen and oxygen atoms in total. The van der Waals surface area contributed by atoms with Gasteiger partial charge in [-0.1, -0.05) is 26.7 Å². The fourth-order valence-corrected chi connectivity index (χ4v) is 2.52. The van der Waals surface area contributed by atoms with E-state index >= 15 is 0 Å². The summed E-state index contributed by atoms with van der Waals surface area (Å²) < 4.78 is 5.15. The topological polar surface area (TPSA) is 63.6 Å². The van der Waals surface area contributed by atoms with Crippen LogP contribution in [-0.4, -0.2) is 23.7 Å². The monoisotopic (exact) mass is 242 g/mol. The molecule has 1 saturated carbocycles. The zero-order valence-corrected chi connectivity index (χ0v) is 10.6. The van der Waals surface area contributed by atoms with Crippen LogP contribution in [0.1, 0.15) is 46.0 Å². The molecular formula is C13H22O4. The standard InChI is InChI=1S/C13H22O4/c1-3-4-8-17-13(16)10-7-5-6-9(2)11(10)12(14)15/h9-11H,3-8H2,1-2H3,(H,14,15). The summed E-state index contributed by atoms with van der Waals surface area (Å²) in [6.45, 7) is 4.34. The SMILES string of the molecule is CCCCOC(=O)C1CCCC(C)C1C(=O)O. The quantitative estimate of drug-likeness (QED) is 0.594. The van der Waals surface area contributed by atoms with Crippen LogP contribution in [-0.2, 0) is 14.3 Å². The lowest BCUT2D eigenvalue weighted by atomic mass is 9.73. The molecule has 0 heterocycles. The molecule has 0 radical (unpaired) electrons. The summed E-state index contributed by atoms with van der Waals surface area (Å²) in [5, 5.41) is 9.19. The molecule has 1 rings (SSSR count). The Morgan fingerprint density at radius 2 is 2.06 bits per heavy atom. The molecule has 17 heavy (non-hydrogen) atoms. The highest BCUT2D eigenvalue weighted by molar-refractivity contribution is 5.81. The summed E-state index contributed by atoms with van der Waals surface area (Å²) in [5.41, 5.74) is 0. The highest BCUT2D eigenvalue weighted by Crippen LogP contribution is 2.35. The fraction of sp³-hybridized carbons (Fsp3) is 0.846. The van der Waals surface area contributed by atoms with Crippen LogP contribution >= 0.6 is 0 Å². The number of carbonyl (C=O) groups excluding carboxylic acids is 1. The number of hydrogen-bond donors (Lipinski definition) is 1. The molecular weight excluding hydrogens is 220 g/mol. The zero-order valence-electron chi connectivity index (χ0n) is 10.6. The predicted molar refractivity (Wildman–Crippen MR) is 63.5 cm³/mol. The van der Waals surface area contributed by atoms with Gasteiger partial charge in [0.05, 0.1) is 18.4 Å². The summed E-state index contributed by atoms with van der Waals surface area (Å²) in [7, 11) is 0. The van der Waals surface area contributed by atoms with Gasteiger partial charge in [-0.15, -0.1) is 0 Å².